The van der Waals surface area contributed by atoms with Crippen molar-refractivity contribution < 1.29 is 9.53 Å². The van der Waals surface area contributed by atoms with Gasteiger partial charge in [-0.05, 0) is 30.2 Å². The Kier molecular flexibility index (Phi) is 5.70. The number of ether oxygens (including phenoxy) is 1. The zero-order valence-electron chi connectivity index (χ0n) is 17.1. The van der Waals surface area contributed by atoms with E-state index in [9.17, 15) is 4.79 Å². The number of carbonyl (C=O) groups excluding carboxylic acids is 1. The summed E-state index contributed by atoms with van der Waals surface area (Å²) in [7, 11) is 1.64. The average molecular weight is 399 g/mol. The molecule has 3 aromatic rings. The minimum absolute atomic E-state index is 0.0826. The van der Waals surface area contributed by atoms with Crippen LogP contribution in [0.1, 0.15) is 24.0 Å². The van der Waals surface area contributed by atoms with Gasteiger partial charge in [0.25, 0.3) is 0 Å². The molecular formula is C25H25N3O2. The van der Waals surface area contributed by atoms with Gasteiger partial charge in [-0.2, -0.15) is 0 Å². The molecule has 0 unspecified atom stereocenters. The Labute approximate surface area is 177 Å². The molecule has 0 saturated carbocycles. The number of carbonyl (C=O) groups is 1. The lowest BCUT2D eigenvalue weighted by atomic mass is 9.90. The second-order valence-electron chi connectivity index (χ2n) is 7.25. The van der Waals surface area contributed by atoms with Gasteiger partial charge in [0.05, 0.1) is 25.4 Å². The van der Waals surface area contributed by atoms with Crippen LogP contribution in [0.15, 0.2) is 90.8 Å². The summed E-state index contributed by atoms with van der Waals surface area (Å²) in [4.78, 5) is 15.4. The molecule has 0 saturated heterocycles. The molecule has 1 aliphatic heterocycles. The molecule has 1 amide bonds. The van der Waals surface area contributed by atoms with Gasteiger partial charge in [0.1, 0.15) is 5.75 Å². The van der Waals surface area contributed by atoms with E-state index in [-0.39, 0.29) is 5.91 Å². The number of rotatable bonds is 6. The molecule has 5 nitrogen and oxygen atoms in total. The largest absolute Gasteiger partial charge is 0.494 e. The average Bonchev–Trinajstić information content (AvgIpc) is 3.21. The van der Waals surface area contributed by atoms with E-state index in [4.69, 9.17) is 4.74 Å². The SMILES string of the molecule is COc1cc(NC(=O)C(c2ccccc2)c2ccccc2)ccc1N1C=C(C)NC1. The van der Waals surface area contributed by atoms with E-state index in [1.165, 1.54) is 0 Å². The summed E-state index contributed by atoms with van der Waals surface area (Å²) in [5.74, 6) is 0.226. The van der Waals surface area contributed by atoms with Crippen molar-refractivity contribution in [2.75, 3.05) is 24.0 Å². The van der Waals surface area contributed by atoms with Gasteiger partial charge in [-0.1, -0.05) is 60.7 Å². The van der Waals surface area contributed by atoms with E-state index in [1.807, 2.05) is 92.0 Å². The quantitative estimate of drug-likeness (QED) is 0.631. The first-order valence-corrected chi connectivity index (χ1v) is 9.93. The van der Waals surface area contributed by atoms with Crippen LogP contribution in [0, 0.1) is 0 Å². The molecule has 1 heterocycles. The molecule has 2 N–H and O–H groups in total. The van der Waals surface area contributed by atoms with Crippen molar-refractivity contribution >= 4 is 17.3 Å². The number of amides is 1. The highest BCUT2D eigenvalue weighted by atomic mass is 16.5. The first-order valence-electron chi connectivity index (χ1n) is 9.93. The summed E-state index contributed by atoms with van der Waals surface area (Å²) in [6, 6.07) is 25.4. The maximum absolute atomic E-state index is 13.3. The van der Waals surface area contributed by atoms with Crippen LogP contribution in [-0.4, -0.2) is 19.7 Å². The van der Waals surface area contributed by atoms with Gasteiger partial charge in [-0.15, -0.1) is 0 Å². The highest BCUT2D eigenvalue weighted by Gasteiger charge is 2.23. The molecule has 5 heteroatoms. The lowest BCUT2D eigenvalue weighted by molar-refractivity contribution is -0.116. The maximum Gasteiger partial charge on any atom is 0.236 e. The van der Waals surface area contributed by atoms with Gasteiger partial charge >= 0.3 is 0 Å². The van der Waals surface area contributed by atoms with Gasteiger partial charge in [-0.3, -0.25) is 4.79 Å². The van der Waals surface area contributed by atoms with Crippen molar-refractivity contribution in [2.24, 2.45) is 0 Å². The molecule has 0 fully saturated rings. The number of allylic oxidation sites excluding steroid dienone is 1. The highest BCUT2D eigenvalue weighted by Crippen LogP contribution is 2.33. The monoisotopic (exact) mass is 399 g/mol. The summed E-state index contributed by atoms with van der Waals surface area (Å²) >= 11 is 0. The molecule has 3 aromatic carbocycles. The van der Waals surface area contributed by atoms with E-state index in [0.717, 1.165) is 22.5 Å². The number of anilines is 2. The lowest BCUT2D eigenvalue weighted by Gasteiger charge is -2.21. The van der Waals surface area contributed by atoms with Crippen LogP contribution >= 0.6 is 0 Å². The minimum Gasteiger partial charge on any atom is -0.494 e. The molecule has 0 spiro atoms. The molecule has 0 bridgehead atoms. The van der Waals surface area contributed by atoms with Crippen molar-refractivity contribution in [3.63, 3.8) is 0 Å². The summed E-state index contributed by atoms with van der Waals surface area (Å²) in [6.07, 6.45) is 2.04. The second kappa shape index (κ2) is 8.74. The highest BCUT2D eigenvalue weighted by molar-refractivity contribution is 5.98. The van der Waals surface area contributed by atoms with Crippen LogP contribution < -0.4 is 20.3 Å². The molecule has 1 aliphatic rings. The number of hydrogen-bond donors (Lipinski definition) is 2. The zero-order chi connectivity index (χ0) is 20.9. The number of benzene rings is 3. The normalized spacial score (nSPS) is 13.0. The third-order valence-corrected chi connectivity index (χ3v) is 5.16. The van der Waals surface area contributed by atoms with Crippen LogP contribution in [0.25, 0.3) is 0 Å². The smallest absolute Gasteiger partial charge is 0.236 e. The first kappa shape index (κ1) is 19.6. The predicted octanol–water partition coefficient (Wildman–Crippen LogP) is 4.69. The summed E-state index contributed by atoms with van der Waals surface area (Å²) in [5.41, 5.74) is 4.65. The fourth-order valence-electron chi connectivity index (χ4n) is 3.68. The van der Waals surface area contributed by atoms with Crippen molar-refractivity contribution in [1.82, 2.24) is 5.32 Å². The van der Waals surface area contributed by atoms with E-state index in [0.29, 0.717) is 18.1 Å². The summed E-state index contributed by atoms with van der Waals surface area (Å²) in [6.45, 7) is 2.71. The maximum atomic E-state index is 13.3. The molecule has 4 rings (SSSR count). The van der Waals surface area contributed by atoms with Crippen LogP contribution in [-0.2, 0) is 4.79 Å². The molecule has 30 heavy (non-hydrogen) atoms. The van der Waals surface area contributed by atoms with Crippen LogP contribution in [0.3, 0.4) is 0 Å². The molecule has 0 aromatic heterocycles. The molecule has 0 aliphatic carbocycles. The third kappa shape index (κ3) is 4.15. The number of hydrogen-bond acceptors (Lipinski definition) is 4. The Morgan fingerprint density at radius 2 is 1.63 bits per heavy atom. The topological polar surface area (TPSA) is 53.6 Å². The van der Waals surface area contributed by atoms with E-state index in [1.54, 1.807) is 7.11 Å². The molecule has 152 valence electrons. The van der Waals surface area contributed by atoms with Crippen LogP contribution in [0.2, 0.25) is 0 Å². The van der Waals surface area contributed by atoms with Gasteiger partial charge in [-0.25, -0.2) is 0 Å². The van der Waals surface area contributed by atoms with Crippen molar-refractivity contribution in [3.05, 3.63) is 102 Å². The van der Waals surface area contributed by atoms with Crippen molar-refractivity contribution in [3.8, 4) is 5.75 Å². The Morgan fingerprint density at radius 1 is 1.00 bits per heavy atom. The summed E-state index contributed by atoms with van der Waals surface area (Å²) < 4.78 is 5.59. The first-order chi connectivity index (χ1) is 14.7. The van der Waals surface area contributed by atoms with Crippen LogP contribution in [0.5, 0.6) is 5.75 Å². The van der Waals surface area contributed by atoms with Crippen molar-refractivity contribution in [2.45, 2.75) is 12.8 Å². The second-order valence-corrected chi connectivity index (χ2v) is 7.25. The fraction of sp³-hybridized carbons (Fsp3) is 0.160. The number of methoxy groups -OCH3 is 1. The Balaban J connectivity index is 1.61. The Hall–Kier alpha value is -3.73. The van der Waals surface area contributed by atoms with Gasteiger partial charge in [0.2, 0.25) is 5.91 Å². The Morgan fingerprint density at radius 3 is 2.17 bits per heavy atom. The van der Waals surface area contributed by atoms with Crippen molar-refractivity contribution in [1.29, 1.82) is 0 Å². The van der Waals surface area contributed by atoms with Gasteiger partial charge < -0.3 is 20.3 Å². The number of nitrogens with one attached hydrogen (secondary N) is 2. The Bertz CT molecular complexity index is 1010. The van der Waals surface area contributed by atoms with E-state index < -0.39 is 5.92 Å². The fourth-order valence-corrected chi connectivity index (χ4v) is 3.68. The minimum atomic E-state index is -0.397. The summed E-state index contributed by atoms with van der Waals surface area (Å²) in [5, 5.41) is 6.35. The zero-order valence-corrected chi connectivity index (χ0v) is 17.1. The van der Waals surface area contributed by atoms with Crippen LogP contribution in [0.4, 0.5) is 11.4 Å². The van der Waals surface area contributed by atoms with E-state index >= 15 is 0 Å². The van der Waals surface area contributed by atoms with Gasteiger partial charge in [0, 0.05) is 23.7 Å². The standard InChI is InChI=1S/C25H25N3O2/c1-18-16-28(17-26-18)22-14-13-21(15-23(22)30-2)27-25(29)24(19-9-5-3-6-10-19)20-11-7-4-8-12-20/h3-16,24,26H,17H2,1-2H3,(H,27,29). The third-order valence-electron chi connectivity index (χ3n) is 5.16. The lowest BCUT2D eigenvalue weighted by Crippen LogP contribution is -2.23. The van der Waals surface area contributed by atoms with E-state index in [2.05, 4.69) is 15.5 Å². The molecule has 0 radical (unpaired) electrons. The molecular weight excluding hydrogens is 374 g/mol. The predicted molar refractivity (Wildman–Crippen MR) is 121 cm³/mol. The number of nitrogens with zero attached hydrogens (tertiary/aromatic N) is 1. The van der Waals surface area contributed by atoms with Gasteiger partial charge in [0.15, 0.2) is 0 Å². The molecule has 0 atom stereocenters.